The Kier molecular flexibility index (Phi) is 3.97. The summed E-state index contributed by atoms with van der Waals surface area (Å²) in [6, 6.07) is 5.08. The third kappa shape index (κ3) is 2.64. The van der Waals surface area contributed by atoms with Gasteiger partial charge in [0.05, 0.1) is 12.1 Å². The molecule has 1 aromatic carbocycles. The van der Waals surface area contributed by atoms with Gasteiger partial charge in [-0.05, 0) is 43.4 Å². The Balaban J connectivity index is 1.66. The summed E-state index contributed by atoms with van der Waals surface area (Å²) in [7, 11) is 0. The molecule has 1 aromatic rings. The van der Waals surface area contributed by atoms with Crippen LogP contribution in [-0.2, 0) is 20.7 Å². The van der Waals surface area contributed by atoms with E-state index in [1.807, 2.05) is 0 Å². The van der Waals surface area contributed by atoms with E-state index in [2.05, 4.69) is 5.32 Å². The van der Waals surface area contributed by atoms with Gasteiger partial charge in [0.25, 0.3) is 0 Å². The van der Waals surface area contributed by atoms with E-state index in [4.69, 9.17) is 10.5 Å². The lowest BCUT2D eigenvalue weighted by molar-refractivity contribution is -0.130. The molecule has 5 nitrogen and oxygen atoms in total. The number of amides is 1. The van der Waals surface area contributed by atoms with Crippen LogP contribution in [0.1, 0.15) is 24.8 Å². The van der Waals surface area contributed by atoms with Crippen LogP contribution in [0.4, 0.5) is 4.39 Å². The monoisotopic (exact) mass is 306 g/mol. The molecule has 0 radical (unpaired) electrons. The van der Waals surface area contributed by atoms with Gasteiger partial charge >= 0.3 is 0 Å². The summed E-state index contributed by atoms with van der Waals surface area (Å²) in [5.41, 5.74) is 5.82. The van der Waals surface area contributed by atoms with Crippen molar-refractivity contribution in [1.29, 1.82) is 0 Å². The highest BCUT2D eigenvalue weighted by Crippen LogP contribution is 2.37. The second kappa shape index (κ2) is 5.78. The highest BCUT2D eigenvalue weighted by molar-refractivity contribution is 5.97. The molecule has 1 heterocycles. The summed E-state index contributed by atoms with van der Waals surface area (Å²) < 4.78 is 18.3. The highest BCUT2D eigenvalue weighted by atomic mass is 19.1. The van der Waals surface area contributed by atoms with Crippen molar-refractivity contribution in [3.05, 3.63) is 35.6 Å². The third-order valence-corrected chi connectivity index (χ3v) is 4.55. The first-order valence-electron chi connectivity index (χ1n) is 7.48. The van der Waals surface area contributed by atoms with E-state index in [1.54, 1.807) is 12.1 Å². The Morgan fingerprint density at radius 1 is 1.45 bits per heavy atom. The Hall–Kier alpha value is -1.79. The van der Waals surface area contributed by atoms with Crippen molar-refractivity contribution < 1.29 is 18.7 Å². The summed E-state index contributed by atoms with van der Waals surface area (Å²) in [5, 5.41) is 2.82. The summed E-state index contributed by atoms with van der Waals surface area (Å²) in [4.78, 5) is 24.4. The zero-order valence-electron chi connectivity index (χ0n) is 12.2. The quantitative estimate of drug-likeness (QED) is 0.858. The molecular formula is C16H19FN2O3. The maximum absolute atomic E-state index is 12.9. The minimum Gasteiger partial charge on any atom is -0.367 e. The molecule has 118 valence electrons. The van der Waals surface area contributed by atoms with Crippen LogP contribution in [0.25, 0.3) is 0 Å². The van der Waals surface area contributed by atoms with Crippen LogP contribution in [0.15, 0.2) is 24.3 Å². The van der Waals surface area contributed by atoms with Crippen molar-refractivity contribution in [2.45, 2.75) is 43.4 Å². The average Bonchev–Trinajstić information content (AvgIpc) is 3.02. The Labute approximate surface area is 128 Å². The Morgan fingerprint density at radius 2 is 2.18 bits per heavy atom. The number of benzene rings is 1. The van der Waals surface area contributed by atoms with Crippen LogP contribution >= 0.6 is 0 Å². The maximum atomic E-state index is 12.9. The summed E-state index contributed by atoms with van der Waals surface area (Å²) in [6.45, 7) is 0.0537. The summed E-state index contributed by atoms with van der Waals surface area (Å²) in [6.07, 6.45) is 2.29. The first kappa shape index (κ1) is 15.1. The lowest BCUT2D eigenvalue weighted by Crippen LogP contribution is -2.59. The van der Waals surface area contributed by atoms with E-state index >= 15 is 0 Å². The number of hydrogen-bond donors (Lipinski definition) is 2. The first-order valence-corrected chi connectivity index (χ1v) is 7.48. The fourth-order valence-corrected chi connectivity index (χ4v) is 3.32. The van der Waals surface area contributed by atoms with Crippen molar-refractivity contribution >= 4 is 11.7 Å². The van der Waals surface area contributed by atoms with Gasteiger partial charge in [0, 0.05) is 0 Å². The molecule has 6 heteroatoms. The van der Waals surface area contributed by atoms with Crippen molar-refractivity contribution in [3.63, 3.8) is 0 Å². The van der Waals surface area contributed by atoms with Crippen molar-refractivity contribution in [2.24, 2.45) is 5.73 Å². The third-order valence-electron chi connectivity index (χ3n) is 4.55. The molecule has 0 aromatic heterocycles. The number of carbonyl (C=O) groups is 2. The fraction of sp³-hybridized carbons (Fsp3) is 0.500. The van der Waals surface area contributed by atoms with Crippen molar-refractivity contribution in [3.8, 4) is 0 Å². The van der Waals surface area contributed by atoms with Gasteiger partial charge in [-0.3, -0.25) is 9.59 Å². The second-order valence-electron chi connectivity index (χ2n) is 6.01. The number of hydrogen-bond acceptors (Lipinski definition) is 4. The lowest BCUT2D eigenvalue weighted by Gasteiger charge is -2.28. The number of ketones is 1. The van der Waals surface area contributed by atoms with Crippen LogP contribution in [0.5, 0.6) is 0 Å². The molecule has 0 bridgehead atoms. The zero-order chi connectivity index (χ0) is 15.7. The molecule has 1 aliphatic heterocycles. The van der Waals surface area contributed by atoms with Crippen LogP contribution in [-0.4, -0.2) is 36.0 Å². The SMILES string of the molecule is NC(Cc1ccc(F)cc1)C(=O)NC12CCCC1OCC2=O. The lowest BCUT2D eigenvalue weighted by atomic mass is 9.91. The van der Waals surface area contributed by atoms with Gasteiger partial charge in [-0.1, -0.05) is 12.1 Å². The predicted molar refractivity (Wildman–Crippen MR) is 77.6 cm³/mol. The summed E-state index contributed by atoms with van der Waals surface area (Å²) >= 11 is 0. The van der Waals surface area contributed by atoms with E-state index in [9.17, 15) is 14.0 Å². The van der Waals surface area contributed by atoms with Gasteiger partial charge in [-0.2, -0.15) is 0 Å². The Morgan fingerprint density at radius 3 is 2.91 bits per heavy atom. The van der Waals surface area contributed by atoms with Gasteiger partial charge in [0.2, 0.25) is 5.91 Å². The molecule has 2 fully saturated rings. The van der Waals surface area contributed by atoms with Crippen molar-refractivity contribution in [1.82, 2.24) is 5.32 Å². The topological polar surface area (TPSA) is 81.4 Å². The largest absolute Gasteiger partial charge is 0.367 e. The van der Waals surface area contributed by atoms with Gasteiger partial charge in [0.15, 0.2) is 5.78 Å². The zero-order valence-corrected chi connectivity index (χ0v) is 12.2. The fourth-order valence-electron chi connectivity index (χ4n) is 3.32. The molecule has 3 rings (SSSR count). The first-order chi connectivity index (χ1) is 10.5. The van der Waals surface area contributed by atoms with Crippen LogP contribution in [0.2, 0.25) is 0 Å². The number of Topliss-reactive ketones (excluding diaryl/α,β-unsaturated/α-hetero) is 1. The van der Waals surface area contributed by atoms with E-state index in [0.29, 0.717) is 12.8 Å². The van der Waals surface area contributed by atoms with E-state index in [-0.39, 0.29) is 30.2 Å². The summed E-state index contributed by atoms with van der Waals surface area (Å²) in [5.74, 6) is -0.768. The van der Waals surface area contributed by atoms with E-state index < -0.39 is 11.6 Å². The number of halogens is 1. The highest BCUT2D eigenvalue weighted by Gasteiger charge is 2.55. The van der Waals surface area contributed by atoms with Gasteiger partial charge in [0.1, 0.15) is 18.0 Å². The predicted octanol–water partition coefficient (Wildman–Crippen LogP) is 0.702. The number of fused-ring (bicyclic) bond motifs is 1. The van der Waals surface area contributed by atoms with Crippen molar-refractivity contribution in [2.75, 3.05) is 6.61 Å². The molecule has 3 atom stereocenters. The molecule has 2 aliphatic rings. The van der Waals surface area contributed by atoms with Gasteiger partial charge < -0.3 is 15.8 Å². The molecular weight excluding hydrogens is 287 g/mol. The molecule has 1 saturated carbocycles. The second-order valence-corrected chi connectivity index (χ2v) is 6.01. The van der Waals surface area contributed by atoms with Gasteiger partial charge in [-0.25, -0.2) is 4.39 Å². The number of carbonyl (C=O) groups excluding carboxylic acids is 2. The molecule has 22 heavy (non-hydrogen) atoms. The minimum atomic E-state index is -0.891. The van der Waals surface area contributed by atoms with Crippen LogP contribution < -0.4 is 11.1 Å². The van der Waals surface area contributed by atoms with Gasteiger partial charge in [-0.15, -0.1) is 0 Å². The van der Waals surface area contributed by atoms with E-state index in [1.165, 1.54) is 12.1 Å². The van der Waals surface area contributed by atoms with Crippen LogP contribution in [0, 0.1) is 5.82 Å². The smallest absolute Gasteiger partial charge is 0.238 e. The van der Waals surface area contributed by atoms with E-state index in [0.717, 1.165) is 18.4 Å². The standard InChI is InChI=1S/C16H19FN2O3/c17-11-5-3-10(4-6-11)8-12(18)15(21)19-16-7-1-2-14(16)22-9-13(16)20/h3-6,12,14H,1-2,7-9,18H2,(H,19,21). The molecule has 3 N–H and O–H groups in total. The van der Waals surface area contributed by atoms with Crippen LogP contribution in [0.3, 0.4) is 0 Å². The number of rotatable bonds is 4. The normalized spacial score (nSPS) is 28.5. The number of ether oxygens (including phenoxy) is 1. The molecule has 3 unspecified atom stereocenters. The minimum absolute atomic E-state index is 0.0537. The molecule has 0 spiro atoms. The number of nitrogens with two attached hydrogens (primary N) is 1. The number of nitrogens with one attached hydrogen (secondary N) is 1. The maximum Gasteiger partial charge on any atom is 0.238 e. The molecule has 1 aliphatic carbocycles. The molecule has 1 saturated heterocycles. The Bertz CT molecular complexity index is 590. The molecule has 1 amide bonds. The average molecular weight is 306 g/mol.